The average molecular weight is 583 g/mol. The second kappa shape index (κ2) is 13.2. The number of anilines is 1. The van der Waals surface area contributed by atoms with Gasteiger partial charge in [-0.25, -0.2) is 9.69 Å². The van der Waals surface area contributed by atoms with E-state index in [1.165, 1.54) is 19.6 Å². The smallest absolute Gasteiger partial charge is 0.329 e. The number of likely N-dealkylation sites (tertiary alicyclic amines) is 1. The highest BCUT2D eigenvalue weighted by molar-refractivity contribution is 6.16. The van der Waals surface area contributed by atoms with Gasteiger partial charge in [-0.1, -0.05) is 35.9 Å². The van der Waals surface area contributed by atoms with Gasteiger partial charge in [0.15, 0.2) is 11.5 Å². The average Bonchev–Trinajstić information content (AvgIpc) is 3.28. The van der Waals surface area contributed by atoms with Gasteiger partial charge in [0.05, 0.1) is 7.11 Å². The molecule has 0 spiro atoms. The van der Waals surface area contributed by atoms with Crippen molar-refractivity contribution in [2.75, 3.05) is 32.1 Å². The minimum atomic E-state index is -0.675. The number of methoxy groups -OCH3 is 1. The molecule has 0 unspecified atom stereocenters. The topological polar surface area (TPSA) is 117 Å². The van der Waals surface area contributed by atoms with Gasteiger partial charge in [-0.15, -0.1) is 0 Å². The number of amides is 5. The molecule has 43 heavy (non-hydrogen) atoms. The van der Waals surface area contributed by atoms with Crippen molar-refractivity contribution in [1.82, 2.24) is 15.1 Å². The van der Waals surface area contributed by atoms with E-state index in [0.29, 0.717) is 28.3 Å². The first-order valence-corrected chi connectivity index (χ1v) is 14.2. The first-order valence-electron chi connectivity index (χ1n) is 14.2. The Hall–Kier alpha value is -5.12. The molecule has 2 fully saturated rings. The van der Waals surface area contributed by atoms with Gasteiger partial charge in [-0.05, 0) is 79.8 Å². The summed E-state index contributed by atoms with van der Waals surface area (Å²) in [5.74, 6) is -0.0960. The third kappa shape index (κ3) is 7.21. The Labute approximate surface area is 250 Å². The molecule has 2 N–H and O–H groups in total. The molecule has 5 rings (SSSR count). The Morgan fingerprint density at radius 1 is 0.930 bits per heavy atom. The lowest BCUT2D eigenvalue weighted by Crippen LogP contribution is -2.38. The highest BCUT2D eigenvalue weighted by Crippen LogP contribution is 2.30. The Bertz CT molecular complexity index is 1540. The van der Waals surface area contributed by atoms with E-state index in [4.69, 9.17) is 9.47 Å². The zero-order valence-corrected chi connectivity index (χ0v) is 24.2. The standard InChI is InChI=1S/C33H34N4O6/c1-22-6-13-26(14-7-22)34-30(38)20-37-32(40)27(35-33(37)41)18-24-10-15-28(29(19-24)42-2)43-21-23-8-11-25(12-9-23)31(39)36-16-4-3-5-17-36/h6-15,18-19H,3-5,16-17,20-21H2,1-2H3,(H,34,38)(H,35,41)/b27-18-. The van der Waals surface area contributed by atoms with Crippen molar-refractivity contribution >= 4 is 35.5 Å². The number of urea groups is 1. The summed E-state index contributed by atoms with van der Waals surface area (Å²) < 4.78 is 11.5. The normalized spacial score (nSPS) is 15.8. The van der Waals surface area contributed by atoms with Crippen LogP contribution in [0.25, 0.3) is 6.08 Å². The second-order valence-electron chi connectivity index (χ2n) is 10.5. The van der Waals surface area contributed by atoms with Crippen molar-refractivity contribution in [2.45, 2.75) is 32.8 Å². The van der Waals surface area contributed by atoms with E-state index in [0.717, 1.165) is 42.0 Å². The van der Waals surface area contributed by atoms with E-state index in [1.54, 1.807) is 30.3 Å². The van der Waals surface area contributed by atoms with Crippen LogP contribution >= 0.6 is 0 Å². The quantitative estimate of drug-likeness (QED) is 0.278. The number of imide groups is 1. The first kappa shape index (κ1) is 29.4. The number of aryl methyl sites for hydroxylation is 1. The molecule has 2 saturated heterocycles. The van der Waals surface area contributed by atoms with E-state index in [-0.39, 0.29) is 18.2 Å². The van der Waals surface area contributed by atoms with Crippen LogP contribution in [0.5, 0.6) is 11.5 Å². The maximum Gasteiger partial charge on any atom is 0.329 e. The molecule has 10 nitrogen and oxygen atoms in total. The van der Waals surface area contributed by atoms with Crippen LogP contribution < -0.4 is 20.1 Å². The Kier molecular flexibility index (Phi) is 9.05. The molecule has 0 bridgehead atoms. The van der Waals surface area contributed by atoms with Crippen LogP contribution in [0.2, 0.25) is 0 Å². The highest BCUT2D eigenvalue weighted by Gasteiger charge is 2.35. The summed E-state index contributed by atoms with van der Waals surface area (Å²) in [5.41, 5.74) is 3.83. The summed E-state index contributed by atoms with van der Waals surface area (Å²) in [7, 11) is 1.51. The lowest BCUT2D eigenvalue weighted by Gasteiger charge is -2.26. The van der Waals surface area contributed by atoms with Gasteiger partial charge in [0.2, 0.25) is 5.91 Å². The molecule has 2 aliphatic heterocycles. The SMILES string of the molecule is COc1cc(/C=C2\NC(=O)N(CC(=O)Nc3ccc(C)cc3)C2=O)ccc1OCc1ccc(C(=O)N2CCCCC2)cc1. The molecular formula is C33H34N4O6. The minimum absolute atomic E-state index is 0.0445. The number of nitrogens with one attached hydrogen (secondary N) is 2. The van der Waals surface area contributed by atoms with Crippen molar-refractivity contribution < 1.29 is 28.7 Å². The highest BCUT2D eigenvalue weighted by atomic mass is 16.5. The van der Waals surface area contributed by atoms with Crippen LogP contribution in [-0.2, 0) is 16.2 Å². The fourth-order valence-corrected chi connectivity index (χ4v) is 4.94. The third-order valence-corrected chi connectivity index (χ3v) is 7.34. The van der Waals surface area contributed by atoms with E-state index < -0.39 is 24.4 Å². The molecular weight excluding hydrogens is 548 g/mol. The molecule has 0 radical (unpaired) electrons. The Balaban J connectivity index is 1.19. The van der Waals surface area contributed by atoms with Gasteiger partial charge in [0.1, 0.15) is 18.8 Å². The molecule has 3 aromatic rings. The fourth-order valence-electron chi connectivity index (χ4n) is 4.94. The van der Waals surface area contributed by atoms with Gasteiger partial charge in [-0.2, -0.15) is 0 Å². The monoisotopic (exact) mass is 582 g/mol. The van der Waals surface area contributed by atoms with Gasteiger partial charge < -0.3 is 25.0 Å². The maximum atomic E-state index is 12.9. The number of piperidine rings is 1. The van der Waals surface area contributed by atoms with Gasteiger partial charge in [0, 0.05) is 24.3 Å². The summed E-state index contributed by atoms with van der Waals surface area (Å²) >= 11 is 0. The zero-order valence-electron chi connectivity index (χ0n) is 24.2. The molecule has 5 amide bonds. The van der Waals surface area contributed by atoms with Gasteiger partial charge >= 0.3 is 6.03 Å². The number of carbonyl (C=O) groups is 4. The van der Waals surface area contributed by atoms with Crippen LogP contribution in [0.1, 0.15) is 46.3 Å². The molecule has 3 aromatic carbocycles. The van der Waals surface area contributed by atoms with Crippen molar-refractivity contribution in [3.63, 3.8) is 0 Å². The summed E-state index contributed by atoms with van der Waals surface area (Å²) in [5, 5.41) is 5.22. The lowest BCUT2D eigenvalue weighted by molar-refractivity contribution is -0.127. The number of carbonyl (C=O) groups excluding carboxylic acids is 4. The van der Waals surface area contributed by atoms with Crippen LogP contribution in [0.3, 0.4) is 0 Å². The number of rotatable bonds is 9. The van der Waals surface area contributed by atoms with Crippen molar-refractivity contribution in [1.29, 1.82) is 0 Å². The first-order chi connectivity index (χ1) is 20.8. The van der Waals surface area contributed by atoms with E-state index in [1.807, 2.05) is 48.2 Å². The van der Waals surface area contributed by atoms with Crippen LogP contribution in [0, 0.1) is 6.92 Å². The van der Waals surface area contributed by atoms with E-state index in [2.05, 4.69) is 10.6 Å². The van der Waals surface area contributed by atoms with Crippen molar-refractivity contribution in [2.24, 2.45) is 0 Å². The summed E-state index contributed by atoms with van der Waals surface area (Å²) in [6.45, 7) is 3.40. The van der Waals surface area contributed by atoms with Crippen LogP contribution in [0.4, 0.5) is 10.5 Å². The Morgan fingerprint density at radius 2 is 1.65 bits per heavy atom. The predicted molar refractivity (Wildman–Crippen MR) is 162 cm³/mol. The van der Waals surface area contributed by atoms with Gasteiger partial charge in [-0.3, -0.25) is 14.4 Å². The number of hydrogen-bond acceptors (Lipinski definition) is 6. The molecule has 2 aliphatic rings. The van der Waals surface area contributed by atoms with Crippen LogP contribution in [0.15, 0.2) is 72.4 Å². The molecule has 0 atom stereocenters. The second-order valence-corrected chi connectivity index (χ2v) is 10.5. The number of hydrogen-bond donors (Lipinski definition) is 2. The molecule has 10 heteroatoms. The maximum absolute atomic E-state index is 12.9. The molecule has 0 aliphatic carbocycles. The number of nitrogens with zero attached hydrogens (tertiary/aromatic N) is 2. The number of benzene rings is 3. The van der Waals surface area contributed by atoms with Gasteiger partial charge in [0.25, 0.3) is 11.8 Å². The lowest BCUT2D eigenvalue weighted by atomic mass is 10.1. The van der Waals surface area contributed by atoms with Crippen molar-refractivity contribution in [3.05, 3.63) is 94.7 Å². The minimum Gasteiger partial charge on any atom is -0.493 e. The fraction of sp³-hybridized carbons (Fsp3) is 0.273. The number of ether oxygens (including phenoxy) is 2. The Morgan fingerprint density at radius 3 is 2.35 bits per heavy atom. The predicted octanol–water partition coefficient (Wildman–Crippen LogP) is 4.74. The molecule has 2 heterocycles. The van der Waals surface area contributed by atoms with E-state index >= 15 is 0 Å². The third-order valence-electron chi connectivity index (χ3n) is 7.34. The largest absolute Gasteiger partial charge is 0.493 e. The molecule has 222 valence electrons. The summed E-state index contributed by atoms with van der Waals surface area (Å²) in [4.78, 5) is 53.3. The molecule has 0 aromatic heterocycles. The summed E-state index contributed by atoms with van der Waals surface area (Å²) in [6, 6.07) is 19.1. The molecule has 0 saturated carbocycles. The van der Waals surface area contributed by atoms with Crippen molar-refractivity contribution in [3.8, 4) is 11.5 Å². The zero-order chi connectivity index (χ0) is 30.3. The summed E-state index contributed by atoms with van der Waals surface area (Å²) in [6.07, 6.45) is 4.78. The van der Waals surface area contributed by atoms with Crippen LogP contribution in [-0.4, -0.2) is 60.3 Å². The van der Waals surface area contributed by atoms with E-state index in [9.17, 15) is 19.2 Å².